The molecule has 4 aliphatic carbocycles. The molecule has 4 aliphatic rings. The fourth-order valence-corrected chi connectivity index (χ4v) is 6.69. The smallest absolute Gasteiger partial charge is 0.242 e. The summed E-state index contributed by atoms with van der Waals surface area (Å²) in [7, 11) is 0. The van der Waals surface area contributed by atoms with E-state index in [4.69, 9.17) is 0 Å². The van der Waals surface area contributed by atoms with Gasteiger partial charge in [-0.2, -0.15) is 0 Å². The molecule has 4 bridgehead atoms. The van der Waals surface area contributed by atoms with Crippen molar-refractivity contribution < 1.29 is 9.59 Å². The summed E-state index contributed by atoms with van der Waals surface area (Å²) in [6.45, 7) is 0. The minimum absolute atomic E-state index is 0.0341. The first-order chi connectivity index (χ1) is 13.6. The molecule has 28 heavy (non-hydrogen) atoms. The Kier molecular flexibility index (Phi) is 4.37. The van der Waals surface area contributed by atoms with Crippen molar-refractivity contribution in [1.82, 2.24) is 10.9 Å². The number of benzene rings is 2. The van der Waals surface area contributed by atoms with Crippen molar-refractivity contribution in [2.24, 2.45) is 23.2 Å². The average molecular weight is 377 g/mol. The number of fused-ring (bicyclic) bond motifs is 1. The van der Waals surface area contributed by atoms with Crippen molar-refractivity contribution in [2.45, 2.75) is 51.4 Å². The van der Waals surface area contributed by atoms with Gasteiger partial charge in [-0.05, 0) is 78.0 Å². The molecule has 4 fully saturated rings. The summed E-state index contributed by atoms with van der Waals surface area (Å²) >= 11 is 0. The lowest BCUT2D eigenvalue weighted by Crippen LogP contribution is -2.50. The van der Waals surface area contributed by atoms with Gasteiger partial charge in [0.1, 0.15) is 0 Å². The van der Waals surface area contributed by atoms with E-state index < -0.39 is 0 Å². The van der Waals surface area contributed by atoms with Gasteiger partial charge in [0.2, 0.25) is 11.8 Å². The zero-order valence-corrected chi connectivity index (χ0v) is 16.2. The predicted molar refractivity (Wildman–Crippen MR) is 109 cm³/mol. The van der Waals surface area contributed by atoms with Gasteiger partial charge in [-0.3, -0.25) is 20.4 Å². The summed E-state index contributed by atoms with van der Waals surface area (Å²) in [5, 5.41) is 2.21. The van der Waals surface area contributed by atoms with Crippen LogP contribution >= 0.6 is 0 Å². The van der Waals surface area contributed by atoms with E-state index in [1.807, 2.05) is 42.5 Å². The second kappa shape index (κ2) is 6.91. The van der Waals surface area contributed by atoms with Crippen molar-refractivity contribution in [2.75, 3.05) is 0 Å². The molecular weight excluding hydrogens is 348 g/mol. The minimum atomic E-state index is -0.171. The number of hydrazine groups is 1. The number of nitrogens with one attached hydrogen (secondary N) is 2. The lowest BCUT2D eigenvalue weighted by molar-refractivity contribution is -0.134. The summed E-state index contributed by atoms with van der Waals surface area (Å²) < 4.78 is 0. The third-order valence-electron chi connectivity index (χ3n) is 7.27. The molecular formula is C24H28N2O2. The topological polar surface area (TPSA) is 58.2 Å². The maximum absolute atomic E-state index is 12.6. The van der Waals surface area contributed by atoms with E-state index in [9.17, 15) is 9.59 Å². The molecule has 2 amide bonds. The van der Waals surface area contributed by atoms with Crippen LogP contribution in [0.2, 0.25) is 0 Å². The highest BCUT2D eigenvalue weighted by molar-refractivity contribution is 5.91. The largest absolute Gasteiger partial charge is 0.273 e. The van der Waals surface area contributed by atoms with E-state index in [2.05, 4.69) is 10.9 Å². The molecule has 146 valence electrons. The van der Waals surface area contributed by atoms with Crippen molar-refractivity contribution >= 4 is 22.6 Å². The Morgan fingerprint density at radius 1 is 0.821 bits per heavy atom. The van der Waals surface area contributed by atoms with Gasteiger partial charge in [0.25, 0.3) is 0 Å². The van der Waals surface area contributed by atoms with Gasteiger partial charge < -0.3 is 0 Å². The molecule has 0 radical (unpaired) electrons. The highest BCUT2D eigenvalue weighted by Crippen LogP contribution is 2.61. The predicted octanol–water partition coefficient (Wildman–Crippen LogP) is 4.14. The number of carbonyl (C=O) groups excluding carboxylic acids is 2. The van der Waals surface area contributed by atoms with Gasteiger partial charge in [-0.1, -0.05) is 42.5 Å². The van der Waals surface area contributed by atoms with Crippen molar-refractivity contribution in [3.63, 3.8) is 0 Å². The summed E-state index contributed by atoms with van der Waals surface area (Å²) in [6, 6.07) is 14.0. The molecule has 0 spiro atoms. The second-order valence-corrected chi connectivity index (χ2v) is 9.51. The van der Waals surface area contributed by atoms with Crippen molar-refractivity contribution in [3.8, 4) is 0 Å². The lowest BCUT2D eigenvalue weighted by atomic mass is 9.49. The molecule has 0 atom stereocenters. The van der Waals surface area contributed by atoms with Gasteiger partial charge in [-0.15, -0.1) is 0 Å². The van der Waals surface area contributed by atoms with E-state index in [0.29, 0.717) is 6.42 Å². The van der Waals surface area contributed by atoms with Crippen LogP contribution in [0.25, 0.3) is 10.8 Å². The first kappa shape index (κ1) is 17.7. The summed E-state index contributed by atoms with van der Waals surface area (Å²) in [4.78, 5) is 25.0. The van der Waals surface area contributed by atoms with Gasteiger partial charge in [0.15, 0.2) is 0 Å². The molecule has 0 unspecified atom stereocenters. The van der Waals surface area contributed by atoms with E-state index in [-0.39, 0.29) is 23.7 Å². The Morgan fingerprint density at radius 3 is 2.14 bits per heavy atom. The maximum Gasteiger partial charge on any atom is 0.242 e. The Labute approximate surface area is 166 Å². The van der Waals surface area contributed by atoms with Gasteiger partial charge >= 0.3 is 0 Å². The summed E-state index contributed by atoms with van der Waals surface area (Å²) in [5.41, 5.74) is 6.50. The standard InChI is InChI=1S/C24H28N2O2/c27-22(11-20-6-3-5-19-4-1-2-7-21(19)20)25-26-23(28)15-24-12-16-8-17(13-24)10-18(9-16)14-24/h1-7,16-18H,8-15H2,(H,25,27)(H,26,28). The fraction of sp³-hybridized carbons (Fsp3) is 0.500. The van der Waals surface area contributed by atoms with Crippen LogP contribution in [-0.4, -0.2) is 11.8 Å². The van der Waals surface area contributed by atoms with Crippen molar-refractivity contribution in [3.05, 3.63) is 48.0 Å². The Balaban J connectivity index is 1.17. The molecule has 0 saturated heterocycles. The molecule has 4 saturated carbocycles. The fourth-order valence-electron chi connectivity index (χ4n) is 6.69. The molecule has 0 aliphatic heterocycles. The van der Waals surface area contributed by atoms with Gasteiger partial charge in [0, 0.05) is 6.42 Å². The van der Waals surface area contributed by atoms with Crippen LogP contribution in [0, 0.1) is 23.2 Å². The highest BCUT2D eigenvalue weighted by atomic mass is 16.2. The van der Waals surface area contributed by atoms with Crippen LogP contribution in [0.4, 0.5) is 0 Å². The van der Waals surface area contributed by atoms with Crippen LogP contribution in [0.5, 0.6) is 0 Å². The Morgan fingerprint density at radius 2 is 1.43 bits per heavy atom. The zero-order valence-electron chi connectivity index (χ0n) is 16.2. The number of hydrogen-bond donors (Lipinski definition) is 2. The number of carbonyl (C=O) groups is 2. The van der Waals surface area contributed by atoms with E-state index in [1.54, 1.807) is 0 Å². The first-order valence-electron chi connectivity index (χ1n) is 10.6. The average Bonchev–Trinajstić information content (AvgIpc) is 2.65. The van der Waals surface area contributed by atoms with Crippen LogP contribution in [0.3, 0.4) is 0 Å². The van der Waals surface area contributed by atoms with Crippen molar-refractivity contribution in [1.29, 1.82) is 0 Å². The Hall–Kier alpha value is -2.36. The monoisotopic (exact) mass is 376 g/mol. The molecule has 4 nitrogen and oxygen atoms in total. The molecule has 2 aromatic carbocycles. The van der Waals surface area contributed by atoms with Crippen LogP contribution in [0.15, 0.2) is 42.5 Å². The molecule has 0 heterocycles. The summed E-state index contributed by atoms with van der Waals surface area (Å²) in [6.07, 6.45) is 8.57. The third-order valence-corrected chi connectivity index (χ3v) is 7.27. The minimum Gasteiger partial charge on any atom is -0.273 e. The molecule has 4 heteroatoms. The molecule has 0 aromatic heterocycles. The van der Waals surface area contributed by atoms with Gasteiger partial charge in [-0.25, -0.2) is 0 Å². The zero-order chi connectivity index (χ0) is 19.1. The van der Waals surface area contributed by atoms with Crippen LogP contribution < -0.4 is 10.9 Å². The first-order valence-corrected chi connectivity index (χ1v) is 10.6. The maximum atomic E-state index is 12.6. The molecule has 2 N–H and O–H groups in total. The van der Waals surface area contributed by atoms with Crippen LogP contribution in [-0.2, 0) is 16.0 Å². The SMILES string of the molecule is O=C(Cc1cccc2ccccc12)NNC(=O)CC12CC3CC(CC(C3)C1)C2. The quantitative estimate of drug-likeness (QED) is 0.788. The normalized spacial score (nSPS) is 30.4. The van der Waals surface area contributed by atoms with Gasteiger partial charge in [0.05, 0.1) is 6.42 Å². The lowest BCUT2D eigenvalue weighted by Gasteiger charge is -2.56. The van der Waals surface area contributed by atoms with E-state index in [0.717, 1.165) is 34.1 Å². The third kappa shape index (κ3) is 3.41. The van der Waals surface area contributed by atoms with E-state index in [1.165, 1.54) is 38.5 Å². The van der Waals surface area contributed by atoms with Crippen LogP contribution in [0.1, 0.15) is 50.5 Å². The number of rotatable bonds is 4. The highest BCUT2D eigenvalue weighted by Gasteiger charge is 2.51. The molecule has 2 aromatic rings. The molecule has 6 rings (SSSR count). The Bertz CT molecular complexity index is 879. The van der Waals surface area contributed by atoms with E-state index >= 15 is 0 Å². The second-order valence-electron chi connectivity index (χ2n) is 9.51. The number of hydrogen-bond acceptors (Lipinski definition) is 2. The summed E-state index contributed by atoms with van der Waals surface area (Å²) in [5.74, 6) is 2.29. The number of amides is 2.